The van der Waals surface area contributed by atoms with E-state index < -0.39 is 17.4 Å². The van der Waals surface area contributed by atoms with Crippen molar-refractivity contribution in [2.24, 2.45) is 7.05 Å². The zero-order valence-corrected chi connectivity index (χ0v) is 19.4. The van der Waals surface area contributed by atoms with E-state index in [0.29, 0.717) is 22.4 Å². The first-order valence-corrected chi connectivity index (χ1v) is 10.9. The van der Waals surface area contributed by atoms with Crippen LogP contribution in [0.2, 0.25) is 0 Å². The van der Waals surface area contributed by atoms with E-state index in [1.165, 1.54) is 29.1 Å². The molecule has 12 heteroatoms. The van der Waals surface area contributed by atoms with Gasteiger partial charge in [-0.3, -0.25) is 18.8 Å². The molecule has 0 aliphatic carbocycles. The SMILES string of the molecule is C=CC(=O)Nc1cccc(-n2c(=O)c(Oc3ccc(F)nc3)cc3cnc(Nc4cnn(C)c4)nc32)c1. The lowest BCUT2D eigenvalue weighted by Gasteiger charge is -2.14. The highest BCUT2D eigenvalue weighted by molar-refractivity contribution is 5.99. The van der Waals surface area contributed by atoms with Crippen LogP contribution in [0.5, 0.6) is 11.5 Å². The van der Waals surface area contributed by atoms with Crippen molar-refractivity contribution in [3.8, 4) is 17.2 Å². The molecule has 0 bridgehead atoms. The number of hydrogen-bond acceptors (Lipinski definition) is 8. The third-order valence-corrected chi connectivity index (χ3v) is 5.15. The Kier molecular flexibility index (Phi) is 6.12. The summed E-state index contributed by atoms with van der Waals surface area (Å²) in [5.74, 6) is -0.726. The van der Waals surface area contributed by atoms with E-state index in [9.17, 15) is 14.0 Å². The molecule has 37 heavy (non-hydrogen) atoms. The van der Waals surface area contributed by atoms with Crippen LogP contribution >= 0.6 is 0 Å². The lowest BCUT2D eigenvalue weighted by molar-refractivity contribution is -0.111. The predicted molar refractivity (Wildman–Crippen MR) is 135 cm³/mol. The predicted octanol–water partition coefficient (Wildman–Crippen LogP) is 3.71. The van der Waals surface area contributed by atoms with E-state index in [-0.39, 0.29) is 23.1 Å². The standard InChI is InChI=1S/C25H19FN8O3/c1-3-22(35)30-16-5-4-6-18(10-16)34-23-15(11-28-25(32-23)31-17-12-29-33(2)14-17)9-20(24(34)36)37-19-7-8-21(26)27-13-19/h3-14H,1H2,2H3,(H,30,35)(H,28,31,32). The van der Waals surface area contributed by atoms with Gasteiger partial charge in [-0.15, -0.1) is 0 Å². The summed E-state index contributed by atoms with van der Waals surface area (Å²) in [4.78, 5) is 38.0. The van der Waals surface area contributed by atoms with Gasteiger partial charge >= 0.3 is 0 Å². The van der Waals surface area contributed by atoms with Crippen LogP contribution in [0.3, 0.4) is 0 Å². The van der Waals surface area contributed by atoms with Crippen LogP contribution in [0.25, 0.3) is 16.7 Å². The van der Waals surface area contributed by atoms with Gasteiger partial charge in [0.05, 0.1) is 23.8 Å². The van der Waals surface area contributed by atoms with E-state index in [2.05, 4.69) is 37.3 Å². The zero-order valence-electron chi connectivity index (χ0n) is 19.4. The van der Waals surface area contributed by atoms with Crippen LogP contribution in [0.4, 0.5) is 21.7 Å². The number of carbonyl (C=O) groups is 1. The number of ether oxygens (including phenoxy) is 1. The zero-order chi connectivity index (χ0) is 25.9. The Balaban J connectivity index is 1.66. The highest BCUT2D eigenvalue weighted by Gasteiger charge is 2.16. The van der Waals surface area contributed by atoms with Crippen LogP contribution in [-0.2, 0) is 11.8 Å². The number of aryl methyl sites for hydroxylation is 1. The second-order valence-corrected chi connectivity index (χ2v) is 7.81. The molecular weight excluding hydrogens is 479 g/mol. The Bertz CT molecular complexity index is 1700. The van der Waals surface area contributed by atoms with Gasteiger partial charge in [-0.1, -0.05) is 12.6 Å². The van der Waals surface area contributed by atoms with Gasteiger partial charge in [0.2, 0.25) is 17.8 Å². The quantitative estimate of drug-likeness (QED) is 0.257. The normalized spacial score (nSPS) is 10.8. The molecule has 184 valence electrons. The largest absolute Gasteiger partial charge is 0.450 e. The van der Waals surface area contributed by atoms with Crippen molar-refractivity contribution in [1.82, 2.24) is 29.3 Å². The molecular formula is C25H19FN8O3. The van der Waals surface area contributed by atoms with Crippen molar-refractivity contribution < 1.29 is 13.9 Å². The molecule has 11 nitrogen and oxygen atoms in total. The molecule has 0 aliphatic rings. The summed E-state index contributed by atoms with van der Waals surface area (Å²) in [6.07, 6.45) is 7.21. The summed E-state index contributed by atoms with van der Waals surface area (Å²) in [6, 6.07) is 10.6. The minimum atomic E-state index is -0.677. The number of rotatable bonds is 7. The number of fused-ring (bicyclic) bond motifs is 1. The average Bonchev–Trinajstić information content (AvgIpc) is 3.30. The fourth-order valence-corrected chi connectivity index (χ4v) is 3.53. The maximum Gasteiger partial charge on any atom is 0.299 e. The minimum absolute atomic E-state index is 0.0574. The van der Waals surface area contributed by atoms with Crippen LogP contribution in [0, 0.1) is 5.95 Å². The van der Waals surface area contributed by atoms with Gasteiger partial charge in [-0.05, 0) is 42.5 Å². The lowest BCUT2D eigenvalue weighted by atomic mass is 10.2. The van der Waals surface area contributed by atoms with E-state index >= 15 is 0 Å². The molecule has 5 aromatic rings. The van der Waals surface area contributed by atoms with Crippen LogP contribution in [0.1, 0.15) is 0 Å². The lowest BCUT2D eigenvalue weighted by Crippen LogP contribution is -2.21. The maximum atomic E-state index is 13.7. The highest BCUT2D eigenvalue weighted by atomic mass is 19.1. The van der Waals surface area contributed by atoms with E-state index in [1.54, 1.807) is 48.4 Å². The van der Waals surface area contributed by atoms with Crippen molar-refractivity contribution in [1.29, 1.82) is 0 Å². The molecule has 0 aliphatic heterocycles. The molecule has 4 heterocycles. The fourth-order valence-electron chi connectivity index (χ4n) is 3.53. The van der Waals surface area contributed by atoms with Gasteiger partial charge in [0, 0.05) is 30.5 Å². The maximum absolute atomic E-state index is 13.7. The van der Waals surface area contributed by atoms with Crippen molar-refractivity contribution in [2.75, 3.05) is 10.6 Å². The van der Waals surface area contributed by atoms with Crippen LogP contribution < -0.4 is 20.9 Å². The first-order chi connectivity index (χ1) is 17.9. The van der Waals surface area contributed by atoms with Gasteiger partial charge in [0.1, 0.15) is 5.75 Å². The Labute approximate surface area is 208 Å². The topological polar surface area (TPSA) is 129 Å². The van der Waals surface area contributed by atoms with Crippen molar-refractivity contribution in [3.63, 3.8) is 0 Å². The molecule has 1 aromatic carbocycles. The number of pyridine rings is 2. The summed E-state index contributed by atoms with van der Waals surface area (Å²) in [6.45, 7) is 3.45. The van der Waals surface area contributed by atoms with Crippen molar-refractivity contribution in [3.05, 3.63) is 96.2 Å². The summed E-state index contributed by atoms with van der Waals surface area (Å²) >= 11 is 0. The Morgan fingerprint density at radius 1 is 1.11 bits per heavy atom. The monoisotopic (exact) mass is 498 g/mol. The van der Waals surface area contributed by atoms with Crippen molar-refractivity contribution in [2.45, 2.75) is 0 Å². The molecule has 1 amide bonds. The Hall–Kier alpha value is -5.39. The average molecular weight is 498 g/mol. The summed E-state index contributed by atoms with van der Waals surface area (Å²) in [7, 11) is 1.78. The van der Waals surface area contributed by atoms with E-state index in [0.717, 1.165) is 12.1 Å². The first kappa shape index (κ1) is 23.4. The molecule has 2 N–H and O–H groups in total. The number of halogens is 1. The Morgan fingerprint density at radius 3 is 2.70 bits per heavy atom. The van der Waals surface area contributed by atoms with E-state index in [4.69, 9.17) is 4.74 Å². The van der Waals surface area contributed by atoms with Crippen molar-refractivity contribution >= 4 is 34.3 Å². The van der Waals surface area contributed by atoms with Gasteiger partial charge in [0.25, 0.3) is 5.56 Å². The van der Waals surface area contributed by atoms with E-state index in [1.807, 2.05) is 0 Å². The molecule has 0 unspecified atom stereocenters. The third-order valence-electron chi connectivity index (χ3n) is 5.15. The summed E-state index contributed by atoms with van der Waals surface area (Å²) < 4.78 is 22.0. The number of nitrogens with zero attached hydrogens (tertiary/aromatic N) is 6. The molecule has 0 saturated carbocycles. The molecule has 0 atom stereocenters. The van der Waals surface area contributed by atoms with Gasteiger partial charge in [0.15, 0.2) is 11.4 Å². The number of anilines is 3. The fraction of sp³-hybridized carbons (Fsp3) is 0.0400. The molecule has 0 fully saturated rings. The van der Waals surface area contributed by atoms with Crippen LogP contribution in [-0.4, -0.2) is 35.2 Å². The number of amides is 1. The number of nitrogens with one attached hydrogen (secondary N) is 2. The number of hydrogen-bond donors (Lipinski definition) is 2. The molecule has 0 radical (unpaired) electrons. The molecule has 0 spiro atoms. The summed E-state index contributed by atoms with van der Waals surface area (Å²) in [5.41, 5.74) is 1.25. The highest BCUT2D eigenvalue weighted by Crippen LogP contribution is 2.25. The smallest absolute Gasteiger partial charge is 0.299 e. The molecule has 4 aromatic heterocycles. The van der Waals surface area contributed by atoms with Gasteiger partial charge < -0.3 is 15.4 Å². The van der Waals surface area contributed by atoms with Crippen LogP contribution in [0.15, 0.2) is 84.7 Å². The summed E-state index contributed by atoms with van der Waals surface area (Å²) in [5, 5.41) is 10.3. The second-order valence-electron chi connectivity index (χ2n) is 7.81. The minimum Gasteiger partial charge on any atom is -0.450 e. The van der Waals surface area contributed by atoms with Gasteiger partial charge in [-0.25, -0.2) is 9.97 Å². The number of carbonyl (C=O) groups excluding carboxylic acids is 1. The molecule has 5 rings (SSSR count). The second kappa shape index (κ2) is 9.70. The Morgan fingerprint density at radius 2 is 1.97 bits per heavy atom. The first-order valence-electron chi connectivity index (χ1n) is 10.9. The number of benzene rings is 1. The van der Waals surface area contributed by atoms with Gasteiger partial charge in [-0.2, -0.15) is 14.5 Å². The number of aromatic nitrogens is 6. The molecule has 0 saturated heterocycles. The third kappa shape index (κ3) is 5.03.